The normalized spacial score (nSPS) is 21.4. The Kier molecular flexibility index (Phi) is 12.5. The van der Waals surface area contributed by atoms with E-state index in [1.165, 1.54) is 5.56 Å². The summed E-state index contributed by atoms with van der Waals surface area (Å²) in [7, 11) is 0. The van der Waals surface area contributed by atoms with E-state index in [-0.39, 0.29) is 54.9 Å². The van der Waals surface area contributed by atoms with Crippen molar-refractivity contribution in [3.63, 3.8) is 0 Å². The minimum atomic E-state index is -0.656. The quantitative estimate of drug-likeness (QED) is 0.172. The van der Waals surface area contributed by atoms with Crippen molar-refractivity contribution in [2.75, 3.05) is 19.6 Å². The second kappa shape index (κ2) is 15.6. The van der Waals surface area contributed by atoms with Crippen molar-refractivity contribution in [2.45, 2.75) is 69.2 Å². The molecule has 2 aromatic rings. The standard InChI is InChI=1S/C29H39Cl2N7O2.ClH/c30-23-11-9-20(15-24(23)31)17-36-27(39)25(7-4-13-35-29(33)34)37-14-12-22(10-8-19-5-2-1-3-6-19)38-18-21(32)16-26(38)28(37)40;/h1-3,5-6,9,11,15,21-22,25-26H,4,7-8,10,12-14,16-18,32H2,(H,36,39)(H4,33,34,35);1H/t21-,22?,25-,26+;/m1./s1. The number of amides is 2. The van der Waals surface area contributed by atoms with E-state index in [1.54, 1.807) is 17.0 Å². The van der Waals surface area contributed by atoms with Crippen LogP contribution in [0.2, 0.25) is 10.0 Å². The van der Waals surface area contributed by atoms with Gasteiger partial charge in [-0.2, -0.15) is 0 Å². The summed E-state index contributed by atoms with van der Waals surface area (Å²) in [4.78, 5) is 35.7. The van der Waals surface area contributed by atoms with Gasteiger partial charge in [0.05, 0.1) is 16.1 Å². The van der Waals surface area contributed by atoms with Gasteiger partial charge in [0.2, 0.25) is 11.8 Å². The highest BCUT2D eigenvalue weighted by molar-refractivity contribution is 6.42. The Morgan fingerprint density at radius 1 is 1.10 bits per heavy atom. The van der Waals surface area contributed by atoms with Gasteiger partial charge in [-0.3, -0.25) is 19.5 Å². The van der Waals surface area contributed by atoms with Crippen LogP contribution in [0.1, 0.15) is 43.2 Å². The summed E-state index contributed by atoms with van der Waals surface area (Å²) in [6, 6.07) is 14.8. The fraction of sp³-hybridized carbons (Fsp3) is 0.483. The number of fused-ring (bicyclic) bond motifs is 1. The highest BCUT2D eigenvalue weighted by atomic mass is 35.5. The fourth-order valence-electron chi connectivity index (χ4n) is 5.77. The predicted molar refractivity (Wildman–Crippen MR) is 167 cm³/mol. The number of carbonyl (C=O) groups is 2. The van der Waals surface area contributed by atoms with Crippen LogP contribution in [0.5, 0.6) is 0 Å². The molecule has 7 N–H and O–H groups in total. The van der Waals surface area contributed by atoms with Crippen LogP contribution in [-0.4, -0.2) is 71.4 Å². The highest BCUT2D eigenvalue weighted by Crippen LogP contribution is 2.30. The third kappa shape index (κ3) is 8.96. The van der Waals surface area contributed by atoms with E-state index >= 15 is 0 Å². The Hall–Kier alpha value is -2.56. The fourth-order valence-corrected chi connectivity index (χ4v) is 6.09. The number of nitrogens with two attached hydrogens (primary N) is 3. The Morgan fingerprint density at radius 2 is 1.85 bits per heavy atom. The maximum absolute atomic E-state index is 14.0. The van der Waals surface area contributed by atoms with Crippen LogP contribution >= 0.6 is 35.6 Å². The first-order valence-corrected chi connectivity index (χ1v) is 14.6. The molecule has 2 fully saturated rings. The monoisotopic (exact) mass is 623 g/mol. The largest absolute Gasteiger partial charge is 0.370 e. The number of nitrogens with one attached hydrogen (secondary N) is 1. The van der Waals surface area contributed by atoms with Crippen LogP contribution in [0.4, 0.5) is 0 Å². The number of benzene rings is 2. The average Bonchev–Trinajstić information content (AvgIpc) is 3.28. The molecule has 2 aliphatic heterocycles. The molecule has 2 amide bonds. The molecule has 41 heavy (non-hydrogen) atoms. The maximum atomic E-state index is 14.0. The molecule has 0 spiro atoms. The highest BCUT2D eigenvalue weighted by Gasteiger charge is 2.45. The lowest BCUT2D eigenvalue weighted by Crippen LogP contribution is -2.53. The third-order valence-electron chi connectivity index (χ3n) is 7.78. The summed E-state index contributed by atoms with van der Waals surface area (Å²) >= 11 is 12.2. The topological polar surface area (TPSA) is 143 Å². The lowest BCUT2D eigenvalue weighted by atomic mass is 10.0. The van der Waals surface area contributed by atoms with Crippen molar-refractivity contribution in [3.05, 3.63) is 69.7 Å². The first-order valence-electron chi connectivity index (χ1n) is 13.9. The van der Waals surface area contributed by atoms with Crippen LogP contribution in [-0.2, 0) is 22.6 Å². The van der Waals surface area contributed by atoms with Crippen molar-refractivity contribution in [3.8, 4) is 0 Å². The molecule has 0 bridgehead atoms. The number of nitrogens with zero attached hydrogens (tertiary/aromatic N) is 3. The summed E-state index contributed by atoms with van der Waals surface area (Å²) in [5.74, 6) is -0.254. The van der Waals surface area contributed by atoms with E-state index in [0.29, 0.717) is 48.9 Å². The van der Waals surface area contributed by atoms with Gasteiger partial charge in [-0.15, -0.1) is 12.4 Å². The predicted octanol–water partition coefficient (Wildman–Crippen LogP) is 3.09. The van der Waals surface area contributed by atoms with Crippen molar-refractivity contribution < 1.29 is 9.59 Å². The van der Waals surface area contributed by atoms with Crippen molar-refractivity contribution in [1.82, 2.24) is 15.1 Å². The van der Waals surface area contributed by atoms with Crippen LogP contribution in [0.15, 0.2) is 53.5 Å². The zero-order valence-corrected chi connectivity index (χ0v) is 25.4. The Labute approximate surface area is 258 Å². The maximum Gasteiger partial charge on any atom is 0.243 e. The lowest BCUT2D eigenvalue weighted by Gasteiger charge is -2.32. The molecule has 4 atom stereocenters. The molecule has 224 valence electrons. The van der Waals surface area contributed by atoms with E-state index in [2.05, 4.69) is 27.3 Å². The molecule has 9 nitrogen and oxygen atoms in total. The molecule has 2 heterocycles. The SMILES string of the molecule is Cl.NC(N)=NCCC[C@H](C(=O)NCc1ccc(Cl)c(Cl)c1)N1CCC(CCc2ccccc2)N2C[C@H](N)C[C@H]2C1=O. The zero-order valence-electron chi connectivity index (χ0n) is 23.1. The first-order chi connectivity index (χ1) is 19.2. The van der Waals surface area contributed by atoms with Gasteiger partial charge in [-0.25, -0.2) is 0 Å². The molecular weight excluding hydrogens is 585 g/mol. The summed E-state index contributed by atoms with van der Waals surface area (Å²) in [6.45, 7) is 1.82. The molecule has 0 saturated carbocycles. The van der Waals surface area contributed by atoms with Crippen LogP contribution in [0.3, 0.4) is 0 Å². The van der Waals surface area contributed by atoms with Gasteiger partial charge >= 0.3 is 0 Å². The van der Waals surface area contributed by atoms with Gasteiger partial charge < -0.3 is 27.4 Å². The molecule has 2 saturated heterocycles. The smallest absolute Gasteiger partial charge is 0.243 e. The number of aryl methyl sites for hydroxylation is 1. The molecule has 4 rings (SSSR count). The number of hydrogen-bond acceptors (Lipinski definition) is 5. The molecular formula is C29H40Cl3N7O2. The van der Waals surface area contributed by atoms with Crippen LogP contribution < -0.4 is 22.5 Å². The van der Waals surface area contributed by atoms with Gasteiger partial charge in [-0.05, 0) is 61.8 Å². The Morgan fingerprint density at radius 3 is 2.56 bits per heavy atom. The lowest BCUT2D eigenvalue weighted by molar-refractivity contribution is -0.143. The minimum Gasteiger partial charge on any atom is -0.370 e. The summed E-state index contributed by atoms with van der Waals surface area (Å²) in [5, 5.41) is 3.87. The van der Waals surface area contributed by atoms with Crippen LogP contribution in [0.25, 0.3) is 0 Å². The Bertz CT molecular complexity index is 1200. The molecule has 1 unspecified atom stereocenters. The molecule has 0 aromatic heterocycles. The third-order valence-corrected chi connectivity index (χ3v) is 8.52. The van der Waals surface area contributed by atoms with Gasteiger partial charge in [0.15, 0.2) is 5.96 Å². The molecule has 0 aliphatic carbocycles. The molecule has 12 heteroatoms. The van der Waals surface area contributed by atoms with E-state index in [4.69, 9.17) is 40.4 Å². The number of halogens is 3. The Balaban J connectivity index is 0.00000462. The minimum absolute atomic E-state index is 0. The molecule has 0 radical (unpaired) electrons. The molecule has 2 aromatic carbocycles. The number of hydrogen-bond donors (Lipinski definition) is 4. The zero-order chi connectivity index (χ0) is 28.6. The number of rotatable bonds is 11. The number of guanidine groups is 1. The summed E-state index contributed by atoms with van der Waals surface area (Å²) < 4.78 is 0. The second-order valence-corrected chi connectivity index (χ2v) is 11.5. The van der Waals surface area contributed by atoms with E-state index in [0.717, 1.165) is 24.8 Å². The van der Waals surface area contributed by atoms with Crippen molar-refractivity contribution in [1.29, 1.82) is 0 Å². The summed E-state index contributed by atoms with van der Waals surface area (Å²) in [6.07, 6.45) is 4.19. The first kappa shape index (κ1) is 32.9. The van der Waals surface area contributed by atoms with Crippen molar-refractivity contribution >= 4 is 53.4 Å². The van der Waals surface area contributed by atoms with E-state index in [9.17, 15) is 9.59 Å². The summed E-state index contributed by atoms with van der Waals surface area (Å²) in [5.41, 5.74) is 19.4. The number of aliphatic imine (C=N–C) groups is 1. The van der Waals surface area contributed by atoms with Crippen LogP contribution in [0, 0.1) is 0 Å². The van der Waals surface area contributed by atoms with Gasteiger partial charge in [0, 0.05) is 38.3 Å². The second-order valence-electron chi connectivity index (χ2n) is 10.6. The number of carbonyl (C=O) groups excluding carboxylic acids is 2. The van der Waals surface area contributed by atoms with E-state index in [1.807, 2.05) is 24.3 Å². The van der Waals surface area contributed by atoms with Gasteiger partial charge in [0.1, 0.15) is 6.04 Å². The van der Waals surface area contributed by atoms with Gasteiger partial charge in [-0.1, -0.05) is 59.6 Å². The van der Waals surface area contributed by atoms with Gasteiger partial charge in [0.25, 0.3) is 0 Å². The van der Waals surface area contributed by atoms with E-state index < -0.39 is 6.04 Å². The molecule has 2 aliphatic rings. The van der Waals surface area contributed by atoms with Crippen molar-refractivity contribution in [2.24, 2.45) is 22.2 Å². The average molecular weight is 625 g/mol.